The fourth-order valence-electron chi connectivity index (χ4n) is 3.72. The van der Waals surface area contributed by atoms with Gasteiger partial charge in [-0.2, -0.15) is 0 Å². The minimum atomic E-state index is -2.95. The molecule has 26 heavy (non-hydrogen) atoms. The van der Waals surface area contributed by atoms with Gasteiger partial charge in [-0.05, 0) is 36.5 Å². The second kappa shape index (κ2) is 7.78. The van der Waals surface area contributed by atoms with Crippen LogP contribution in [0.5, 0.6) is 5.75 Å². The van der Waals surface area contributed by atoms with Crippen LogP contribution in [0, 0.1) is 5.92 Å². The van der Waals surface area contributed by atoms with E-state index in [9.17, 15) is 18.7 Å². The lowest BCUT2D eigenvalue weighted by Crippen LogP contribution is -2.54. The van der Waals surface area contributed by atoms with Gasteiger partial charge < -0.3 is 20.1 Å². The Kier molecular flexibility index (Phi) is 5.65. The fraction of sp³-hybridized carbons (Fsp3) is 0.632. The van der Waals surface area contributed by atoms with Crippen molar-refractivity contribution in [1.29, 1.82) is 0 Å². The van der Waals surface area contributed by atoms with Crippen LogP contribution in [0.2, 0.25) is 0 Å². The van der Waals surface area contributed by atoms with E-state index >= 15 is 0 Å². The van der Waals surface area contributed by atoms with E-state index in [2.05, 4.69) is 12.2 Å². The zero-order valence-electron chi connectivity index (χ0n) is 15.0. The lowest BCUT2D eigenvalue weighted by Gasteiger charge is -2.38. The van der Waals surface area contributed by atoms with Gasteiger partial charge in [0.1, 0.15) is 5.75 Å². The molecular weight excluding hydrogens is 342 g/mol. The smallest absolute Gasteiger partial charge is 0.317 e. The number of rotatable bonds is 2. The van der Waals surface area contributed by atoms with Crippen LogP contribution in [0.15, 0.2) is 24.3 Å². The van der Waals surface area contributed by atoms with E-state index in [0.717, 1.165) is 12.0 Å². The summed E-state index contributed by atoms with van der Waals surface area (Å²) < 4.78 is 33.4. The highest BCUT2D eigenvalue weighted by atomic mass is 19.3. The van der Waals surface area contributed by atoms with Crippen LogP contribution in [-0.2, 0) is 4.74 Å². The lowest BCUT2D eigenvalue weighted by molar-refractivity contribution is -0.0419. The summed E-state index contributed by atoms with van der Waals surface area (Å²) in [6.45, 7) is 3.41. The summed E-state index contributed by atoms with van der Waals surface area (Å²) in [7, 11) is 0. The summed E-state index contributed by atoms with van der Waals surface area (Å²) in [6, 6.07) is 5.35. The van der Waals surface area contributed by atoms with Crippen molar-refractivity contribution >= 4 is 6.03 Å². The molecule has 3 rings (SSSR count). The summed E-state index contributed by atoms with van der Waals surface area (Å²) in [6.07, 6.45) is 0.554. The number of likely N-dealkylation sites (tertiary alicyclic amines) is 1. The first kappa shape index (κ1) is 18.9. The van der Waals surface area contributed by atoms with E-state index in [1.807, 2.05) is 12.1 Å². The number of phenolic OH excluding ortho intramolecular Hbond substituents is 1. The Labute approximate surface area is 152 Å². The Morgan fingerprint density at radius 2 is 2.00 bits per heavy atom. The molecule has 0 saturated carbocycles. The minimum absolute atomic E-state index is 0.0174. The van der Waals surface area contributed by atoms with E-state index in [-0.39, 0.29) is 37.7 Å². The van der Waals surface area contributed by atoms with Crippen LogP contribution in [0.4, 0.5) is 13.6 Å². The van der Waals surface area contributed by atoms with Crippen molar-refractivity contribution in [1.82, 2.24) is 10.2 Å². The number of benzene rings is 1. The molecule has 2 saturated heterocycles. The third kappa shape index (κ3) is 4.26. The predicted molar refractivity (Wildman–Crippen MR) is 93.5 cm³/mol. The van der Waals surface area contributed by atoms with Crippen LogP contribution in [-0.4, -0.2) is 54.3 Å². The molecule has 144 valence electrons. The number of piperidine rings is 1. The maximum absolute atomic E-state index is 14.2. The van der Waals surface area contributed by atoms with Gasteiger partial charge in [0.2, 0.25) is 0 Å². The summed E-state index contributed by atoms with van der Waals surface area (Å²) in [5.41, 5.74) is 1.04. The van der Waals surface area contributed by atoms with Crippen molar-refractivity contribution in [2.75, 3.05) is 26.3 Å². The minimum Gasteiger partial charge on any atom is -0.508 e. The Morgan fingerprint density at radius 1 is 1.27 bits per heavy atom. The summed E-state index contributed by atoms with van der Waals surface area (Å²) in [5.74, 6) is -2.26. The molecule has 2 amide bonds. The number of carbonyl (C=O) groups excluding carboxylic acids is 1. The number of ether oxygens (including phenoxy) is 1. The molecule has 2 fully saturated rings. The van der Waals surface area contributed by atoms with Gasteiger partial charge in [-0.15, -0.1) is 0 Å². The number of hydrogen-bond donors (Lipinski definition) is 2. The third-order valence-electron chi connectivity index (χ3n) is 5.50. The number of nitrogens with one attached hydrogen (secondary N) is 1. The van der Waals surface area contributed by atoms with Gasteiger partial charge in [-0.1, -0.05) is 19.1 Å². The van der Waals surface area contributed by atoms with Gasteiger partial charge in [0.05, 0.1) is 12.6 Å². The first-order chi connectivity index (χ1) is 12.4. The van der Waals surface area contributed by atoms with E-state index in [4.69, 9.17) is 4.74 Å². The first-order valence-electron chi connectivity index (χ1n) is 9.17. The molecule has 0 aromatic heterocycles. The molecule has 1 aromatic carbocycles. The summed E-state index contributed by atoms with van der Waals surface area (Å²) in [4.78, 5) is 14.2. The van der Waals surface area contributed by atoms with Gasteiger partial charge in [-0.25, -0.2) is 13.6 Å². The molecular formula is C19H26F2N2O3. The zero-order valence-corrected chi connectivity index (χ0v) is 15.0. The number of amides is 2. The largest absolute Gasteiger partial charge is 0.508 e. The highest BCUT2D eigenvalue weighted by molar-refractivity contribution is 5.75. The Bertz CT molecular complexity index is 624. The molecule has 0 radical (unpaired) electrons. The molecule has 0 bridgehead atoms. The lowest BCUT2D eigenvalue weighted by atomic mass is 9.82. The van der Waals surface area contributed by atoms with Gasteiger partial charge in [-0.3, -0.25) is 0 Å². The standard InChI is InChI=1S/C19H26F2N2O3/c1-13-6-9-23(12-16(13)14-2-4-15(24)5-3-14)18(25)22-17-7-10-26-11-8-19(17,20)21/h2-5,13,16-17,24H,6-12H2,1H3,(H,22,25)/t13-,16+,17?/m1/s1. The molecule has 0 spiro atoms. The molecule has 3 atom stereocenters. The van der Waals surface area contributed by atoms with Crippen molar-refractivity contribution < 1.29 is 23.4 Å². The SMILES string of the molecule is C[C@@H]1CCN(C(=O)NC2CCOCCC2(F)F)C[C@@H]1c1ccc(O)cc1. The number of urea groups is 1. The first-order valence-corrected chi connectivity index (χ1v) is 9.17. The number of alkyl halides is 2. The van der Waals surface area contributed by atoms with Gasteiger partial charge in [0.15, 0.2) is 0 Å². The van der Waals surface area contributed by atoms with E-state index in [1.54, 1.807) is 17.0 Å². The second-order valence-electron chi connectivity index (χ2n) is 7.32. The van der Waals surface area contributed by atoms with E-state index in [0.29, 0.717) is 19.0 Å². The van der Waals surface area contributed by atoms with Gasteiger partial charge in [0.25, 0.3) is 5.92 Å². The monoisotopic (exact) mass is 368 g/mol. The van der Waals surface area contributed by atoms with E-state index < -0.39 is 18.0 Å². The van der Waals surface area contributed by atoms with Crippen LogP contribution in [0.25, 0.3) is 0 Å². The number of hydrogen-bond acceptors (Lipinski definition) is 3. The molecule has 2 N–H and O–H groups in total. The van der Waals surface area contributed by atoms with Crippen LogP contribution < -0.4 is 5.32 Å². The Hall–Kier alpha value is -1.89. The number of nitrogens with zero attached hydrogens (tertiary/aromatic N) is 1. The normalized spacial score (nSPS) is 29.0. The van der Waals surface area contributed by atoms with Crippen LogP contribution in [0.3, 0.4) is 0 Å². The topological polar surface area (TPSA) is 61.8 Å². The van der Waals surface area contributed by atoms with Gasteiger partial charge in [0, 0.05) is 32.0 Å². The molecule has 2 aliphatic heterocycles. The number of phenols is 1. The Morgan fingerprint density at radius 3 is 2.73 bits per heavy atom. The third-order valence-corrected chi connectivity index (χ3v) is 5.50. The molecule has 2 aliphatic rings. The molecule has 1 aromatic rings. The average molecular weight is 368 g/mol. The number of halogens is 2. The Balaban J connectivity index is 1.66. The summed E-state index contributed by atoms with van der Waals surface area (Å²) >= 11 is 0. The summed E-state index contributed by atoms with van der Waals surface area (Å²) in [5, 5.41) is 12.0. The number of carbonyl (C=O) groups is 1. The molecule has 7 heteroatoms. The average Bonchev–Trinajstić information content (AvgIpc) is 2.77. The van der Waals surface area contributed by atoms with Crippen molar-refractivity contribution in [3.05, 3.63) is 29.8 Å². The van der Waals surface area contributed by atoms with Crippen LogP contribution >= 0.6 is 0 Å². The van der Waals surface area contributed by atoms with Gasteiger partial charge >= 0.3 is 6.03 Å². The quantitative estimate of drug-likeness (QED) is 0.842. The molecule has 0 aliphatic carbocycles. The second-order valence-corrected chi connectivity index (χ2v) is 7.32. The van der Waals surface area contributed by atoms with Crippen molar-refractivity contribution in [3.8, 4) is 5.75 Å². The molecule has 2 heterocycles. The molecule has 1 unspecified atom stereocenters. The van der Waals surface area contributed by atoms with Crippen molar-refractivity contribution in [2.24, 2.45) is 5.92 Å². The van der Waals surface area contributed by atoms with Crippen molar-refractivity contribution in [3.63, 3.8) is 0 Å². The maximum Gasteiger partial charge on any atom is 0.317 e. The fourth-order valence-corrected chi connectivity index (χ4v) is 3.72. The maximum atomic E-state index is 14.2. The van der Waals surface area contributed by atoms with Crippen molar-refractivity contribution in [2.45, 2.75) is 44.1 Å². The highest BCUT2D eigenvalue weighted by Gasteiger charge is 2.42. The predicted octanol–water partition coefficient (Wildman–Crippen LogP) is 3.34. The zero-order chi connectivity index (χ0) is 18.7. The van der Waals surface area contributed by atoms with E-state index in [1.165, 1.54) is 0 Å². The highest BCUT2D eigenvalue weighted by Crippen LogP contribution is 2.33. The number of aromatic hydroxyl groups is 1. The van der Waals surface area contributed by atoms with Crippen LogP contribution in [0.1, 0.15) is 37.7 Å². The molecule has 5 nitrogen and oxygen atoms in total.